The zero-order chi connectivity index (χ0) is 19.7. The molecule has 1 fully saturated rings. The first-order chi connectivity index (χ1) is 13.6. The van der Waals surface area contributed by atoms with Crippen molar-refractivity contribution in [3.63, 3.8) is 0 Å². The van der Waals surface area contributed by atoms with Crippen molar-refractivity contribution in [3.8, 4) is 11.3 Å². The van der Waals surface area contributed by atoms with Crippen LogP contribution in [0, 0.1) is 18.7 Å². The van der Waals surface area contributed by atoms with Crippen LogP contribution in [0.2, 0.25) is 0 Å². The topological polar surface area (TPSA) is 71.3 Å². The number of aromatic nitrogens is 2. The molecule has 0 radical (unpaired) electrons. The van der Waals surface area contributed by atoms with E-state index in [0.717, 1.165) is 38.0 Å². The molecule has 0 atom stereocenters. The number of hydrogen-bond acceptors (Lipinski definition) is 5. The van der Waals surface area contributed by atoms with E-state index < -0.39 is 0 Å². The van der Waals surface area contributed by atoms with Crippen LogP contribution in [0.3, 0.4) is 0 Å². The number of amides is 1. The van der Waals surface area contributed by atoms with Crippen molar-refractivity contribution in [2.75, 3.05) is 26.7 Å². The molecule has 1 aliphatic rings. The lowest BCUT2D eigenvalue weighted by atomic mass is 9.96. The number of pyridine rings is 1. The normalized spacial score (nSPS) is 15.3. The summed E-state index contributed by atoms with van der Waals surface area (Å²) in [5, 5.41) is 7.85. The van der Waals surface area contributed by atoms with Crippen molar-refractivity contribution in [2.45, 2.75) is 19.8 Å². The third-order valence-electron chi connectivity index (χ3n) is 5.38. The maximum absolute atomic E-state index is 13.3. The van der Waals surface area contributed by atoms with Crippen LogP contribution in [0.25, 0.3) is 22.4 Å². The van der Waals surface area contributed by atoms with Crippen LogP contribution in [-0.4, -0.2) is 47.6 Å². The van der Waals surface area contributed by atoms with Gasteiger partial charge in [0.25, 0.3) is 11.6 Å². The smallest absolute Gasteiger partial charge is 0.259 e. The summed E-state index contributed by atoms with van der Waals surface area (Å²) in [6, 6.07) is 7.80. The molecule has 4 rings (SSSR count). The van der Waals surface area contributed by atoms with Crippen LogP contribution in [0.15, 0.2) is 34.9 Å². The SMILES string of the molecule is CNCC1CCN(C(=O)c2cc(-c3ccc(F)cc3)nc3onc(C)c23)CC1. The van der Waals surface area contributed by atoms with Gasteiger partial charge in [0.1, 0.15) is 5.82 Å². The van der Waals surface area contributed by atoms with Crippen LogP contribution in [0.4, 0.5) is 4.39 Å². The van der Waals surface area contributed by atoms with E-state index in [0.29, 0.717) is 34.0 Å². The number of hydrogen-bond donors (Lipinski definition) is 1. The van der Waals surface area contributed by atoms with E-state index in [4.69, 9.17) is 4.52 Å². The number of nitrogens with zero attached hydrogens (tertiary/aromatic N) is 3. The van der Waals surface area contributed by atoms with Crippen molar-refractivity contribution >= 4 is 17.0 Å². The number of carbonyl (C=O) groups excluding carboxylic acids is 1. The van der Waals surface area contributed by atoms with E-state index in [1.165, 1.54) is 12.1 Å². The lowest BCUT2D eigenvalue weighted by Crippen LogP contribution is -2.40. The van der Waals surface area contributed by atoms with E-state index in [2.05, 4.69) is 15.5 Å². The van der Waals surface area contributed by atoms with E-state index in [9.17, 15) is 9.18 Å². The molecule has 1 aromatic carbocycles. The molecule has 3 heterocycles. The Balaban J connectivity index is 1.70. The summed E-state index contributed by atoms with van der Waals surface area (Å²) in [6.45, 7) is 4.23. The van der Waals surface area contributed by atoms with Crippen molar-refractivity contribution in [1.82, 2.24) is 20.4 Å². The molecular weight excluding hydrogens is 359 g/mol. The Morgan fingerprint density at radius 1 is 1.29 bits per heavy atom. The molecule has 1 saturated heterocycles. The Morgan fingerprint density at radius 2 is 2.00 bits per heavy atom. The van der Waals surface area contributed by atoms with Crippen molar-refractivity contribution in [3.05, 3.63) is 47.4 Å². The minimum atomic E-state index is -0.318. The standard InChI is InChI=1S/C21H23FN4O2/c1-13-19-17(21(27)26-9-7-14(8-10-26)12-23-2)11-18(24-20(19)28-25-13)15-3-5-16(22)6-4-15/h3-6,11,14,23H,7-10,12H2,1-2H3. The molecule has 146 valence electrons. The van der Waals surface area contributed by atoms with E-state index in [1.807, 2.05) is 11.9 Å². The molecule has 0 spiro atoms. The van der Waals surface area contributed by atoms with Gasteiger partial charge in [-0.05, 0) is 69.6 Å². The largest absolute Gasteiger partial charge is 0.339 e. The molecule has 0 saturated carbocycles. The molecule has 0 bridgehead atoms. The van der Waals surface area contributed by atoms with Crippen LogP contribution >= 0.6 is 0 Å². The number of carbonyl (C=O) groups is 1. The van der Waals surface area contributed by atoms with Gasteiger partial charge in [0, 0.05) is 18.7 Å². The summed E-state index contributed by atoms with van der Waals surface area (Å²) in [5.41, 5.74) is 2.79. The maximum atomic E-state index is 13.3. The fourth-order valence-corrected chi connectivity index (χ4v) is 3.83. The van der Waals surface area contributed by atoms with E-state index >= 15 is 0 Å². The monoisotopic (exact) mass is 382 g/mol. The van der Waals surface area contributed by atoms with Crippen molar-refractivity contribution in [1.29, 1.82) is 0 Å². The van der Waals surface area contributed by atoms with Crippen molar-refractivity contribution < 1.29 is 13.7 Å². The summed E-state index contributed by atoms with van der Waals surface area (Å²) in [7, 11) is 1.96. The molecule has 28 heavy (non-hydrogen) atoms. The van der Waals surface area contributed by atoms with Gasteiger partial charge in [0.05, 0.1) is 22.3 Å². The Bertz CT molecular complexity index is 992. The van der Waals surface area contributed by atoms with Gasteiger partial charge in [-0.1, -0.05) is 5.16 Å². The summed E-state index contributed by atoms with van der Waals surface area (Å²) in [5.74, 6) is 0.240. The molecule has 3 aromatic rings. The third-order valence-corrected chi connectivity index (χ3v) is 5.38. The molecular formula is C21H23FN4O2. The Hall–Kier alpha value is -2.80. The van der Waals surface area contributed by atoms with Gasteiger partial charge in [-0.2, -0.15) is 0 Å². The molecule has 7 heteroatoms. The van der Waals surface area contributed by atoms with Crippen LogP contribution < -0.4 is 5.32 Å². The zero-order valence-electron chi connectivity index (χ0n) is 16.0. The lowest BCUT2D eigenvalue weighted by Gasteiger charge is -2.32. The number of aryl methyl sites for hydroxylation is 1. The zero-order valence-corrected chi connectivity index (χ0v) is 16.0. The first kappa shape index (κ1) is 18.6. The second kappa shape index (κ2) is 7.67. The highest BCUT2D eigenvalue weighted by molar-refractivity contribution is 6.07. The Labute approximate surface area is 162 Å². The quantitative estimate of drug-likeness (QED) is 0.749. The third kappa shape index (κ3) is 3.49. The highest BCUT2D eigenvalue weighted by atomic mass is 19.1. The van der Waals surface area contributed by atoms with Crippen LogP contribution in [-0.2, 0) is 0 Å². The van der Waals surface area contributed by atoms with E-state index in [-0.39, 0.29) is 11.7 Å². The molecule has 1 amide bonds. The molecule has 0 unspecified atom stereocenters. The summed E-state index contributed by atoms with van der Waals surface area (Å²) in [6.07, 6.45) is 1.96. The lowest BCUT2D eigenvalue weighted by molar-refractivity contribution is 0.0693. The number of halogens is 1. The molecule has 1 N–H and O–H groups in total. The van der Waals surface area contributed by atoms with Gasteiger partial charge in [0.2, 0.25) is 0 Å². The Morgan fingerprint density at radius 3 is 2.68 bits per heavy atom. The predicted octanol–water partition coefficient (Wildman–Crippen LogP) is 3.41. The minimum Gasteiger partial charge on any atom is -0.339 e. The van der Waals surface area contributed by atoms with Crippen LogP contribution in [0.1, 0.15) is 28.9 Å². The number of piperidine rings is 1. The molecule has 1 aliphatic heterocycles. The van der Waals surface area contributed by atoms with E-state index in [1.54, 1.807) is 25.1 Å². The fourth-order valence-electron chi connectivity index (χ4n) is 3.83. The van der Waals surface area contributed by atoms with Gasteiger partial charge in [-0.3, -0.25) is 4.79 Å². The maximum Gasteiger partial charge on any atom is 0.259 e. The first-order valence-corrected chi connectivity index (χ1v) is 9.53. The van der Waals surface area contributed by atoms with Gasteiger partial charge in [0.15, 0.2) is 0 Å². The average Bonchev–Trinajstić information content (AvgIpc) is 3.09. The number of benzene rings is 1. The summed E-state index contributed by atoms with van der Waals surface area (Å²) < 4.78 is 18.6. The Kier molecular flexibility index (Phi) is 5.09. The number of rotatable bonds is 4. The van der Waals surface area contributed by atoms with Gasteiger partial charge in [-0.25, -0.2) is 9.37 Å². The second-order valence-electron chi connectivity index (χ2n) is 7.30. The molecule has 0 aliphatic carbocycles. The fraction of sp³-hybridized carbons (Fsp3) is 0.381. The molecule has 2 aromatic heterocycles. The van der Waals surface area contributed by atoms with Crippen LogP contribution in [0.5, 0.6) is 0 Å². The molecule has 6 nitrogen and oxygen atoms in total. The highest BCUT2D eigenvalue weighted by Crippen LogP contribution is 2.29. The average molecular weight is 382 g/mol. The summed E-state index contributed by atoms with van der Waals surface area (Å²) >= 11 is 0. The highest BCUT2D eigenvalue weighted by Gasteiger charge is 2.27. The number of likely N-dealkylation sites (tertiary alicyclic amines) is 1. The first-order valence-electron chi connectivity index (χ1n) is 9.53. The summed E-state index contributed by atoms with van der Waals surface area (Å²) in [4.78, 5) is 19.7. The van der Waals surface area contributed by atoms with Gasteiger partial charge < -0.3 is 14.7 Å². The minimum absolute atomic E-state index is 0.0371. The van der Waals surface area contributed by atoms with Gasteiger partial charge in [-0.15, -0.1) is 0 Å². The number of nitrogens with one attached hydrogen (secondary N) is 1. The predicted molar refractivity (Wildman–Crippen MR) is 104 cm³/mol. The van der Waals surface area contributed by atoms with Gasteiger partial charge >= 0.3 is 0 Å². The second-order valence-corrected chi connectivity index (χ2v) is 7.30. The number of fused-ring (bicyclic) bond motifs is 1. The van der Waals surface area contributed by atoms with Crippen molar-refractivity contribution in [2.24, 2.45) is 5.92 Å².